The monoisotopic (exact) mass is 208 g/mol. The Balaban J connectivity index is 1.98. The van der Waals surface area contributed by atoms with Crippen molar-refractivity contribution in [2.75, 3.05) is 26.7 Å². The molecule has 4 heteroatoms. The zero-order valence-electron chi connectivity index (χ0n) is 9.85. The molecule has 0 amide bonds. The number of piperazine rings is 1. The molecule has 2 rings (SSSR count). The van der Waals surface area contributed by atoms with E-state index in [0.29, 0.717) is 6.04 Å². The molecule has 0 saturated carbocycles. The summed E-state index contributed by atoms with van der Waals surface area (Å²) in [5, 5.41) is 0. The molecular weight excluding hydrogens is 188 g/mol. The number of rotatable bonds is 2. The van der Waals surface area contributed by atoms with Gasteiger partial charge in [0.25, 0.3) is 0 Å². The van der Waals surface area contributed by atoms with Crippen LogP contribution in [-0.4, -0.2) is 52.1 Å². The van der Waals surface area contributed by atoms with Crippen molar-refractivity contribution in [3.05, 3.63) is 18.2 Å². The summed E-state index contributed by atoms with van der Waals surface area (Å²) in [6, 6.07) is 0.625. The number of aryl methyl sites for hydroxylation is 1. The normalized spacial score (nSPS) is 24.6. The highest BCUT2D eigenvalue weighted by atomic mass is 15.3. The second kappa shape index (κ2) is 4.33. The van der Waals surface area contributed by atoms with Gasteiger partial charge in [0.15, 0.2) is 0 Å². The Morgan fingerprint density at radius 1 is 1.40 bits per heavy atom. The van der Waals surface area contributed by atoms with E-state index in [1.54, 1.807) is 0 Å². The maximum Gasteiger partial charge on any atom is 0.122 e. The molecule has 4 nitrogen and oxygen atoms in total. The molecule has 1 aliphatic rings. The lowest BCUT2D eigenvalue weighted by molar-refractivity contribution is 0.0907. The molecule has 1 aromatic rings. The summed E-state index contributed by atoms with van der Waals surface area (Å²) in [5.41, 5.74) is 0. The van der Waals surface area contributed by atoms with Crippen molar-refractivity contribution >= 4 is 0 Å². The first kappa shape index (κ1) is 10.6. The largest absolute Gasteiger partial charge is 0.337 e. The van der Waals surface area contributed by atoms with Gasteiger partial charge in [0.2, 0.25) is 0 Å². The van der Waals surface area contributed by atoms with Crippen LogP contribution in [0.5, 0.6) is 0 Å². The first-order valence-electron chi connectivity index (χ1n) is 5.55. The molecule has 0 bridgehead atoms. The summed E-state index contributed by atoms with van der Waals surface area (Å²) in [4.78, 5) is 9.26. The van der Waals surface area contributed by atoms with Crippen LogP contribution >= 0.6 is 0 Å². The van der Waals surface area contributed by atoms with Crippen LogP contribution in [-0.2, 0) is 13.6 Å². The molecule has 1 saturated heterocycles. The fourth-order valence-electron chi connectivity index (χ4n) is 2.14. The SMILES string of the molecule is C[C@@H]1CN(C)CCN1Cc1nccn1C. The Morgan fingerprint density at radius 3 is 2.80 bits per heavy atom. The molecule has 15 heavy (non-hydrogen) atoms. The highest BCUT2D eigenvalue weighted by molar-refractivity contribution is 4.92. The van der Waals surface area contributed by atoms with Crippen LogP contribution in [0, 0.1) is 0 Å². The van der Waals surface area contributed by atoms with Gasteiger partial charge in [-0.05, 0) is 14.0 Å². The standard InChI is InChI=1S/C11H20N4/c1-10-8-13(2)6-7-15(10)9-11-12-4-5-14(11)3/h4-5,10H,6-9H2,1-3H3/t10-/m1/s1. The van der Waals surface area contributed by atoms with Gasteiger partial charge in [-0.3, -0.25) is 4.90 Å². The predicted octanol–water partition coefficient (Wildman–Crippen LogP) is 0.556. The summed E-state index contributed by atoms with van der Waals surface area (Å²) >= 11 is 0. The van der Waals surface area contributed by atoms with Crippen LogP contribution in [0.1, 0.15) is 12.7 Å². The third kappa shape index (κ3) is 2.38. The van der Waals surface area contributed by atoms with Gasteiger partial charge in [0, 0.05) is 45.1 Å². The number of likely N-dealkylation sites (N-methyl/N-ethyl adjacent to an activating group) is 1. The smallest absolute Gasteiger partial charge is 0.122 e. The van der Waals surface area contributed by atoms with Gasteiger partial charge in [-0.25, -0.2) is 4.98 Å². The van der Waals surface area contributed by atoms with Gasteiger partial charge < -0.3 is 9.47 Å². The van der Waals surface area contributed by atoms with Crippen LogP contribution in [0.15, 0.2) is 12.4 Å². The Morgan fingerprint density at radius 2 is 2.20 bits per heavy atom. The minimum Gasteiger partial charge on any atom is -0.337 e. The quantitative estimate of drug-likeness (QED) is 0.709. The summed E-state index contributed by atoms with van der Waals surface area (Å²) in [6.07, 6.45) is 3.88. The number of hydrogen-bond acceptors (Lipinski definition) is 3. The second-order valence-electron chi connectivity index (χ2n) is 4.54. The van der Waals surface area contributed by atoms with Gasteiger partial charge in [0.05, 0.1) is 6.54 Å². The van der Waals surface area contributed by atoms with Crippen LogP contribution in [0.3, 0.4) is 0 Å². The van der Waals surface area contributed by atoms with Crippen LogP contribution < -0.4 is 0 Å². The molecule has 0 N–H and O–H groups in total. The van der Waals surface area contributed by atoms with Crippen LogP contribution in [0.2, 0.25) is 0 Å². The van der Waals surface area contributed by atoms with Crippen molar-refractivity contribution in [2.45, 2.75) is 19.5 Å². The Labute approximate surface area is 91.5 Å². The highest BCUT2D eigenvalue weighted by Gasteiger charge is 2.22. The molecule has 0 unspecified atom stereocenters. The molecule has 0 aromatic carbocycles. The van der Waals surface area contributed by atoms with Gasteiger partial charge in [-0.2, -0.15) is 0 Å². The van der Waals surface area contributed by atoms with E-state index in [4.69, 9.17) is 0 Å². The fraction of sp³-hybridized carbons (Fsp3) is 0.727. The summed E-state index contributed by atoms with van der Waals surface area (Å²) in [7, 11) is 4.25. The van der Waals surface area contributed by atoms with Crippen molar-refractivity contribution in [3.63, 3.8) is 0 Å². The van der Waals surface area contributed by atoms with Crippen LogP contribution in [0.4, 0.5) is 0 Å². The Bertz CT molecular complexity index is 320. The lowest BCUT2D eigenvalue weighted by Gasteiger charge is -2.37. The topological polar surface area (TPSA) is 24.3 Å². The second-order valence-corrected chi connectivity index (χ2v) is 4.54. The fourth-order valence-corrected chi connectivity index (χ4v) is 2.14. The summed E-state index contributed by atoms with van der Waals surface area (Å²) in [5.74, 6) is 1.16. The van der Waals surface area contributed by atoms with E-state index in [0.717, 1.165) is 32.0 Å². The zero-order chi connectivity index (χ0) is 10.8. The van der Waals surface area contributed by atoms with E-state index < -0.39 is 0 Å². The average molecular weight is 208 g/mol. The number of aromatic nitrogens is 2. The first-order chi connectivity index (χ1) is 7.16. The molecule has 0 aliphatic carbocycles. The molecule has 1 atom stereocenters. The summed E-state index contributed by atoms with van der Waals surface area (Å²) < 4.78 is 2.10. The van der Waals surface area contributed by atoms with Gasteiger partial charge >= 0.3 is 0 Å². The molecular formula is C11H20N4. The van der Waals surface area contributed by atoms with E-state index in [-0.39, 0.29) is 0 Å². The summed E-state index contributed by atoms with van der Waals surface area (Å²) in [6.45, 7) is 6.72. The zero-order valence-corrected chi connectivity index (χ0v) is 9.85. The Kier molecular flexibility index (Phi) is 3.07. The van der Waals surface area contributed by atoms with Crippen molar-refractivity contribution in [1.29, 1.82) is 0 Å². The molecule has 84 valence electrons. The third-order valence-electron chi connectivity index (χ3n) is 3.23. The Hall–Kier alpha value is -0.870. The van der Waals surface area contributed by atoms with E-state index in [9.17, 15) is 0 Å². The molecule has 1 aromatic heterocycles. The van der Waals surface area contributed by atoms with E-state index in [2.05, 4.69) is 40.4 Å². The van der Waals surface area contributed by atoms with E-state index >= 15 is 0 Å². The van der Waals surface area contributed by atoms with Crippen molar-refractivity contribution in [1.82, 2.24) is 19.4 Å². The van der Waals surface area contributed by atoms with E-state index in [1.165, 1.54) is 0 Å². The third-order valence-corrected chi connectivity index (χ3v) is 3.23. The minimum absolute atomic E-state index is 0.625. The van der Waals surface area contributed by atoms with Gasteiger partial charge in [0.1, 0.15) is 5.82 Å². The van der Waals surface area contributed by atoms with Crippen molar-refractivity contribution in [3.8, 4) is 0 Å². The number of nitrogens with zero attached hydrogens (tertiary/aromatic N) is 4. The molecule has 0 radical (unpaired) electrons. The highest BCUT2D eigenvalue weighted by Crippen LogP contribution is 2.11. The molecule has 1 aliphatic heterocycles. The minimum atomic E-state index is 0.625. The lowest BCUT2D eigenvalue weighted by Crippen LogP contribution is -2.50. The predicted molar refractivity (Wildman–Crippen MR) is 60.6 cm³/mol. The lowest BCUT2D eigenvalue weighted by atomic mass is 10.2. The maximum atomic E-state index is 4.37. The van der Waals surface area contributed by atoms with Gasteiger partial charge in [-0.15, -0.1) is 0 Å². The van der Waals surface area contributed by atoms with Crippen LogP contribution in [0.25, 0.3) is 0 Å². The number of imidazole rings is 1. The average Bonchev–Trinajstić information content (AvgIpc) is 2.57. The molecule has 2 heterocycles. The molecule has 0 spiro atoms. The van der Waals surface area contributed by atoms with Gasteiger partial charge in [-0.1, -0.05) is 0 Å². The first-order valence-corrected chi connectivity index (χ1v) is 5.55. The maximum absolute atomic E-state index is 4.37. The molecule has 1 fully saturated rings. The van der Waals surface area contributed by atoms with E-state index in [1.807, 2.05) is 12.4 Å². The van der Waals surface area contributed by atoms with Crippen molar-refractivity contribution in [2.24, 2.45) is 7.05 Å². The number of hydrogen-bond donors (Lipinski definition) is 0. The van der Waals surface area contributed by atoms with Crippen molar-refractivity contribution < 1.29 is 0 Å².